The maximum absolute atomic E-state index is 10.7. The van der Waals surface area contributed by atoms with Crippen molar-refractivity contribution in [3.8, 4) is 5.88 Å². The third-order valence-corrected chi connectivity index (χ3v) is 2.28. The topological polar surface area (TPSA) is 96.7 Å². The van der Waals surface area contributed by atoms with E-state index < -0.39 is 17.9 Å². The molecule has 0 fully saturated rings. The summed E-state index contributed by atoms with van der Waals surface area (Å²) < 4.78 is 4.91. The molecule has 0 radical (unpaired) electrons. The van der Waals surface area contributed by atoms with Crippen LogP contribution in [0.25, 0.3) is 0 Å². The summed E-state index contributed by atoms with van der Waals surface area (Å²) in [5.74, 6) is -2.32. The van der Waals surface area contributed by atoms with E-state index in [0.29, 0.717) is 11.4 Å². The molecule has 6 heteroatoms. The molecule has 92 valence electrons. The molecule has 0 amide bonds. The van der Waals surface area contributed by atoms with E-state index in [0.717, 1.165) is 0 Å². The van der Waals surface area contributed by atoms with Crippen molar-refractivity contribution in [3.05, 3.63) is 23.9 Å². The Bertz CT molecular complexity index is 402. The van der Waals surface area contributed by atoms with Gasteiger partial charge >= 0.3 is 11.9 Å². The Balaban J connectivity index is 2.94. The van der Waals surface area contributed by atoms with Gasteiger partial charge in [-0.15, -0.1) is 0 Å². The first kappa shape index (κ1) is 13.0. The summed E-state index contributed by atoms with van der Waals surface area (Å²) in [6.07, 6.45) is 0.990. The van der Waals surface area contributed by atoms with Gasteiger partial charge < -0.3 is 14.9 Å². The summed E-state index contributed by atoms with van der Waals surface area (Å²) in [6.45, 7) is 0. The lowest BCUT2D eigenvalue weighted by atomic mass is 9.93. The van der Waals surface area contributed by atoms with Gasteiger partial charge in [0, 0.05) is 18.2 Å². The number of pyridine rings is 1. The van der Waals surface area contributed by atoms with Crippen molar-refractivity contribution >= 4 is 11.9 Å². The molecule has 1 aromatic heterocycles. The van der Waals surface area contributed by atoms with Gasteiger partial charge in [-0.05, 0) is 11.6 Å². The molecule has 17 heavy (non-hydrogen) atoms. The summed E-state index contributed by atoms with van der Waals surface area (Å²) in [7, 11) is 1.44. The Hall–Kier alpha value is -2.11. The van der Waals surface area contributed by atoms with Crippen LogP contribution in [0.2, 0.25) is 0 Å². The molecule has 2 N–H and O–H groups in total. The quantitative estimate of drug-likeness (QED) is 0.772. The summed E-state index contributed by atoms with van der Waals surface area (Å²) in [6, 6.07) is 3.15. The second kappa shape index (κ2) is 5.83. The summed E-state index contributed by atoms with van der Waals surface area (Å²) in [5.41, 5.74) is 0.599. The largest absolute Gasteiger partial charge is 0.481 e. The molecule has 0 spiro atoms. The van der Waals surface area contributed by atoms with E-state index in [1.54, 1.807) is 12.1 Å². The lowest BCUT2D eigenvalue weighted by molar-refractivity contribution is -0.139. The zero-order valence-corrected chi connectivity index (χ0v) is 9.29. The van der Waals surface area contributed by atoms with Crippen molar-refractivity contribution in [2.24, 2.45) is 0 Å². The maximum Gasteiger partial charge on any atom is 0.303 e. The van der Waals surface area contributed by atoms with E-state index in [2.05, 4.69) is 4.98 Å². The van der Waals surface area contributed by atoms with Gasteiger partial charge in [0.2, 0.25) is 5.88 Å². The summed E-state index contributed by atoms with van der Waals surface area (Å²) >= 11 is 0. The fourth-order valence-corrected chi connectivity index (χ4v) is 1.52. The van der Waals surface area contributed by atoms with Gasteiger partial charge in [0.1, 0.15) is 0 Å². The van der Waals surface area contributed by atoms with Crippen LogP contribution in [-0.4, -0.2) is 34.2 Å². The van der Waals surface area contributed by atoms with E-state index in [1.165, 1.54) is 13.3 Å². The number of hydrogen-bond donors (Lipinski definition) is 2. The van der Waals surface area contributed by atoms with Crippen molar-refractivity contribution in [1.82, 2.24) is 4.98 Å². The third kappa shape index (κ3) is 4.10. The van der Waals surface area contributed by atoms with Crippen LogP contribution in [0.3, 0.4) is 0 Å². The van der Waals surface area contributed by atoms with Gasteiger partial charge in [0.15, 0.2) is 0 Å². The van der Waals surface area contributed by atoms with Crippen molar-refractivity contribution < 1.29 is 24.5 Å². The van der Waals surface area contributed by atoms with E-state index in [1.807, 2.05) is 0 Å². The smallest absolute Gasteiger partial charge is 0.303 e. The molecule has 1 rings (SSSR count). The van der Waals surface area contributed by atoms with Crippen LogP contribution in [-0.2, 0) is 9.59 Å². The molecule has 0 aliphatic rings. The lowest BCUT2D eigenvalue weighted by Gasteiger charge is -2.13. The molecular weight excluding hydrogens is 226 g/mol. The molecule has 0 aliphatic heterocycles. The van der Waals surface area contributed by atoms with Crippen LogP contribution in [0.15, 0.2) is 18.3 Å². The molecule has 0 aromatic carbocycles. The van der Waals surface area contributed by atoms with Crippen molar-refractivity contribution in [2.45, 2.75) is 18.8 Å². The Kier molecular flexibility index (Phi) is 4.45. The first-order valence-corrected chi connectivity index (χ1v) is 4.96. The number of ether oxygens (including phenoxy) is 1. The highest BCUT2D eigenvalue weighted by Crippen LogP contribution is 2.25. The van der Waals surface area contributed by atoms with Crippen LogP contribution in [0.1, 0.15) is 24.3 Å². The first-order valence-electron chi connectivity index (χ1n) is 4.96. The molecule has 6 nitrogen and oxygen atoms in total. The van der Waals surface area contributed by atoms with Gasteiger partial charge in [0.05, 0.1) is 20.0 Å². The second-order valence-electron chi connectivity index (χ2n) is 3.52. The van der Waals surface area contributed by atoms with Gasteiger partial charge in [-0.2, -0.15) is 0 Å². The Morgan fingerprint density at radius 3 is 2.41 bits per heavy atom. The molecular formula is C11H13NO5. The zero-order chi connectivity index (χ0) is 12.8. The SMILES string of the molecule is COc1cc(C(CC(=O)O)CC(=O)O)ccn1. The van der Waals surface area contributed by atoms with Gasteiger partial charge in [-0.25, -0.2) is 4.98 Å². The molecule has 0 unspecified atom stereocenters. The number of carbonyl (C=O) groups is 2. The molecule has 0 saturated carbocycles. The van der Waals surface area contributed by atoms with E-state index in [9.17, 15) is 9.59 Å². The fraction of sp³-hybridized carbons (Fsp3) is 0.364. The number of carboxylic acids is 2. The molecule has 0 bridgehead atoms. The number of carboxylic acid groups (broad SMARTS) is 2. The highest BCUT2D eigenvalue weighted by Gasteiger charge is 2.19. The number of methoxy groups -OCH3 is 1. The van der Waals surface area contributed by atoms with Gasteiger partial charge in [0.25, 0.3) is 0 Å². The predicted octanol–water partition coefficient (Wildman–Crippen LogP) is 1.12. The standard InChI is InChI=1S/C11H13NO5/c1-17-9-4-7(2-3-12-9)8(5-10(13)14)6-11(15)16/h2-4,8H,5-6H2,1H3,(H,13,14)(H,15,16). The number of aliphatic carboxylic acids is 2. The monoisotopic (exact) mass is 239 g/mol. The average molecular weight is 239 g/mol. The van der Waals surface area contributed by atoms with Crippen LogP contribution in [0.5, 0.6) is 5.88 Å². The molecule has 1 heterocycles. The maximum atomic E-state index is 10.7. The van der Waals surface area contributed by atoms with Crippen molar-refractivity contribution in [1.29, 1.82) is 0 Å². The fourth-order valence-electron chi connectivity index (χ4n) is 1.52. The van der Waals surface area contributed by atoms with Crippen LogP contribution < -0.4 is 4.74 Å². The van der Waals surface area contributed by atoms with Gasteiger partial charge in [-0.1, -0.05) is 0 Å². The predicted molar refractivity (Wildman–Crippen MR) is 58.0 cm³/mol. The highest BCUT2D eigenvalue weighted by molar-refractivity contribution is 5.72. The summed E-state index contributed by atoms with van der Waals surface area (Å²) in [4.78, 5) is 25.2. The minimum Gasteiger partial charge on any atom is -0.481 e. The molecule has 1 aromatic rings. The molecule has 0 saturated heterocycles. The average Bonchev–Trinajstić information content (AvgIpc) is 2.27. The first-order chi connectivity index (χ1) is 8.02. The van der Waals surface area contributed by atoms with Crippen molar-refractivity contribution in [3.63, 3.8) is 0 Å². The van der Waals surface area contributed by atoms with Crippen LogP contribution >= 0.6 is 0 Å². The van der Waals surface area contributed by atoms with Gasteiger partial charge in [-0.3, -0.25) is 9.59 Å². The number of hydrogen-bond acceptors (Lipinski definition) is 4. The zero-order valence-electron chi connectivity index (χ0n) is 9.29. The molecule has 0 aliphatic carbocycles. The van der Waals surface area contributed by atoms with E-state index in [4.69, 9.17) is 14.9 Å². The number of rotatable bonds is 6. The number of aromatic nitrogens is 1. The van der Waals surface area contributed by atoms with Crippen LogP contribution in [0, 0.1) is 0 Å². The number of nitrogens with zero attached hydrogens (tertiary/aromatic N) is 1. The highest BCUT2D eigenvalue weighted by atomic mass is 16.5. The Morgan fingerprint density at radius 1 is 1.35 bits per heavy atom. The van der Waals surface area contributed by atoms with E-state index in [-0.39, 0.29) is 12.8 Å². The van der Waals surface area contributed by atoms with Crippen LogP contribution in [0.4, 0.5) is 0 Å². The summed E-state index contributed by atoms with van der Waals surface area (Å²) in [5, 5.41) is 17.5. The van der Waals surface area contributed by atoms with E-state index >= 15 is 0 Å². The minimum atomic E-state index is -1.04. The van der Waals surface area contributed by atoms with Crippen molar-refractivity contribution in [2.75, 3.05) is 7.11 Å². The normalized spacial score (nSPS) is 10.2. The lowest BCUT2D eigenvalue weighted by Crippen LogP contribution is -2.11. The second-order valence-corrected chi connectivity index (χ2v) is 3.52. The minimum absolute atomic E-state index is 0.237. The molecule has 0 atom stereocenters. The Morgan fingerprint density at radius 2 is 1.94 bits per heavy atom. The Labute approximate surface area is 97.9 Å². The third-order valence-electron chi connectivity index (χ3n) is 2.28.